The van der Waals surface area contributed by atoms with Crippen LogP contribution in [0.4, 0.5) is 4.79 Å². The average molecular weight is 437 g/mol. The molecule has 32 heavy (non-hydrogen) atoms. The first-order chi connectivity index (χ1) is 15.5. The summed E-state index contributed by atoms with van der Waals surface area (Å²) in [5.74, 6) is -1.72. The highest BCUT2D eigenvalue weighted by Gasteiger charge is 2.37. The van der Waals surface area contributed by atoms with Crippen LogP contribution in [-0.2, 0) is 14.3 Å². The van der Waals surface area contributed by atoms with Gasteiger partial charge in [0.25, 0.3) is 0 Å². The van der Waals surface area contributed by atoms with Crippen LogP contribution in [0.1, 0.15) is 43.2 Å². The molecular weight excluding hydrogens is 408 g/mol. The molecule has 0 radical (unpaired) electrons. The summed E-state index contributed by atoms with van der Waals surface area (Å²) in [5.41, 5.74) is 4.61. The van der Waals surface area contributed by atoms with Crippen LogP contribution in [0.5, 0.6) is 0 Å². The van der Waals surface area contributed by atoms with Crippen molar-refractivity contribution in [2.24, 2.45) is 5.92 Å². The summed E-state index contributed by atoms with van der Waals surface area (Å²) in [6.45, 7) is 1.96. The number of benzene rings is 2. The lowest BCUT2D eigenvalue weighted by Gasteiger charge is -2.26. The Balaban J connectivity index is 1.39. The lowest BCUT2D eigenvalue weighted by molar-refractivity contribution is -0.146. The molecule has 7 nitrogen and oxygen atoms in total. The highest BCUT2D eigenvalue weighted by Crippen LogP contribution is 2.44. The number of hydrogen-bond donors (Lipinski definition) is 2. The zero-order chi connectivity index (χ0) is 22.7. The number of alkyl carbamates (subject to hydrolysis) is 1. The number of nitrogens with zero attached hydrogens (tertiary/aromatic N) is 1. The second kappa shape index (κ2) is 9.42. The van der Waals surface area contributed by atoms with Gasteiger partial charge in [-0.15, -0.1) is 0 Å². The van der Waals surface area contributed by atoms with Gasteiger partial charge in [-0.1, -0.05) is 55.0 Å². The van der Waals surface area contributed by atoms with Crippen LogP contribution in [-0.4, -0.2) is 53.7 Å². The fraction of sp³-hybridized carbons (Fsp3) is 0.400. The van der Waals surface area contributed by atoms with Gasteiger partial charge in [0.2, 0.25) is 5.91 Å². The van der Waals surface area contributed by atoms with Gasteiger partial charge >= 0.3 is 12.1 Å². The minimum atomic E-state index is -1.04. The lowest BCUT2D eigenvalue weighted by atomic mass is 9.98. The van der Waals surface area contributed by atoms with Crippen molar-refractivity contribution in [3.8, 4) is 11.1 Å². The molecule has 2 aromatic carbocycles. The van der Waals surface area contributed by atoms with Crippen molar-refractivity contribution in [1.82, 2.24) is 10.2 Å². The van der Waals surface area contributed by atoms with Crippen LogP contribution in [0.2, 0.25) is 0 Å². The number of fused-ring (bicyclic) bond motifs is 3. The van der Waals surface area contributed by atoms with E-state index < -0.39 is 18.0 Å². The number of likely N-dealkylation sites (N-methyl/N-ethyl adjacent to an activating group) is 1. The summed E-state index contributed by atoms with van der Waals surface area (Å²) < 4.78 is 5.61. The van der Waals surface area contributed by atoms with Gasteiger partial charge in [-0.25, -0.2) is 4.79 Å². The van der Waals surface area contributed by atoms with Crippen molar-refractivity contribution in [1.29, 1.82) is 0 Å². The molecule has 0 bridgehead atoms. The highest BCUT2D eigenvalue weighted by atomic mass is 16.5. The van der Waals surface area contributed by atoms with E-state index in [0.29, 0.717) is 19.4 Å². The van der Waals surface area contributed by atoms with E-state index in [1.807, 2.05) is 24.3 Å². The first-order valence-corrected chi connectivity index (χ1v) is 11.1. The van der Waals surface area contributed by atoms with E-state index in [9.17, 15) is 14.4 Å². The quantitative estimate of drug-likeness (QED) is 0.691. The topological polar surface area (TPSA) is 95.9 Å². The van der Waals surface area contributed by atoms with Crippen LogP contribution in [0, 0.1) is 5.92 Å². The van der Waals surface area contributed by atoms with Gasteiger partial charge in [0.1, 0.15) is 13.2 Å². The molecule has 168 valence electrons. The molecule has 2 aromatic rings. The van der Waals surface area contributed by atoms with E-state index in [1.165, 1.54) is 4.90 Å². The number of hydrogen-bond acceptors (Lipinski definition) is 4. The van der Waals surface area contributed by atoms with Gasteiger partial charge in [-0.05, 0) is 42.0 Å². The zero-order valence-electron chi connectivity index (χ0n) is 18.1. The second-order valence-corrected chi connectivity index (χ2v) is 8.36. The molecular formula is C25H28N2O5. The fourth-order valence-electron chi connectivity index (χ4n) is 4.96. The minimum Gasteiger partial charge on any atom is -0.480 e. The predicted molar refractivity (Wildman–Crippen MR) is 119 cm³/mol. The largest absolute Gasteiger partial charge is 0.480 e. The Labute approximate surface area is 187 Å². The molecule has 7 heteroatoms. The molecule has 2 aliphatic rings. The van der Waals surface area contributed by atoms with E-state index in [-0.39, 0.29) is 31.0 Å². The Hall–Kier alpha value is -3.35. The molecule has 1 saturated carbocycles. The van der Waals surface area contributed by atoms with Crippen molar-refractivity contribution in [3.63, 3.8) is 0 Å². The molecule has 2 amide bonds. The minimum absolute atomic E-state index is 0.0275. The van der Waals surface area contributed by atoms with Crippen LogP contribution in [0.25, 0.3) is 11.1 Å². The maximum absolute atomic E-state index is 12.8. The number of nitrogens with one attached hydrogen (secondary N) is 1. The third-order valence-corrected chi connectivity index (χ3v) is 6.50. The average Bonchev–Trinajstić information content (AvgIpc) is 3.38. The Kier molecular flexibility index (Phi) is 6.44. The summed E-state index contributed by atoms with van der Waals surface area (Å²) in [7, 11) is 0. The van der Waals surface area contributed by atoms with Crippen molar-refractivity contribution < 1.29 is 24.2 Å². The Bertz CT molecular complexity index is 975. The Morgan fingerprint density at radius 2 is 1.66 bits per heavy atom. The molecule has 2 aliphatic carbocycles. The molecule has 0 aromatic heterocycles. The third-order valence-electron chi connectivity index (χ3n) is 6.50. The summed E-state index contributed by atoms with van der Waals surface area (Å²) in [6.07, 6.45) is 1.56. The number of carbonyl (C=O) groups is 3. The van der Waals surface area contributed by atoms with E-state index in [4.69, 9.17) is 9.84 Å². The van der Waals surface area contributed by atoms with Crippen LogP contribution < -0.4 is 5.32 Å². The Morgan fingerprint density at radius 3 is 2.25 bits per heavy atom. The van der Waals surface area contributed by atoms with Crippen molar-refractivity contribution in [2.45, 2.75) is 38.1 Å². The first kappa shape index (κ1) is 21.9. The maximum Gasteiger partial charge on any atom is 0.407 e. The van der Waals surface area contributed by atoms with Gasteiger partial charge in [0, 0.05) is 18.5 Å². The summed E-state index contributed by atoms with van der Waals surface area (Å²) in [6, 6.07) is 15.9. The Morgan fingerprint density at radius 1 is 1.03 bits per heavy atom. The van der Waals surface area contributed by atoms with Crippen molar-refractivity contribution >= 4 is 18.0 Å². The summed E-state index contributed by atoms with van der Waals surface area (Å²) in [5, 5.41) is 11.9. The summed E-state index contributed by atoms with van der Waals surface area (Å²) in [4.78, 5) is 37.8. The van der Waals surface area contributed by atoms with Crippen molar-refractivity contribution in [2.75, 3.05) is 19.7 Å². The third kappa shape index (κ3) is 4.33. The standard InChI is InChI=1S/C25H28N2O5/c1-2-27(14-23(28)29)24(30)20-12-7-13-22(20)26-25(31)32-15-21-18-10-5-3-8-16(18)17-9-4-6-11-19(17)21/h3-6,8-11,20-22H,2,7,12-15H2,1H3,(H,26,31)(H,28,29). The van der Waals surface area contributed by atoms with Crippen LogP contribution in [0.3, 0.4) is 0 Å². The molecule has 1 fully saturated rings. The molecule has 0 spiro atoms. The highest BCUT2D eigenvalue weighted by molar-refractivity contribution is 5.84. The van der Waals surface area contributed by atoms with Gasteiger partial charge in [-0.3, -0.25) is 9.59 Å². The molecule has 2 N–H and O–H groups in total. The van der Waals surface area contributed by atoms with E-state index in [0.717, 1.165) is 28.7 Å². The molecule has 2 atom stereocenters. The SMILES string of the molecule is CCN(CC(=O)O)C(=O)C1CCCC1NC(=O)OCC1c2ccccc2-c2ccccc21. The van der Waals surface area contributed by atoms with Crippen LogP contribution >= 0.6 is 0 Å². The normalized spacial score (nSPS) is 19.2. The number of ether oxygens (including phenoxy) is 1. The van der Waals surface area contributed by atoms with Gasteiger partial charge in [-0.2, -0.15) is 0 Å². The zero-order valence-corrected chi connectivity index (χ0v) is 18.1. The van der Waals surface area contributed by atoms with E-state index in [2.05, 4.69) is 29.6 Å². The van der Waals surface area contributed by atoms with Crippen molar-refractivity contribution in [3.05, 3.63) is 59.7 Å². The van der Waals surface area contributed by atoms with Gasteiger partial charge in [0.05, 0.1) is 5.92 Å². The van der Waals surface area contributed by atoms with E-state index in [1.54, 1.807) is 6.92 Å². The molecule has 0 aliphatic heterocycles. The smallest absolute Gasteiger partial charge is 0.407 e. The second-order valence-electron chi connectivity index (χ2n) is 8.36. The monoisotopic (exact) mass is 436 g/mol. The first-order valence-electron chi connectivity index (χ1n) is 11.1. The summed E-state index contributed by atoms with van der Waals surface area (Å²) >= 11 is 0. The van der Waals surface area contributed by atoms with E-state index >= 15 is 0 Å². The number of amides is 2. The number of carboxylic acid groups (broad SMARTS) is 1. The maximum atomic E-state index is 12.8. The number of rotatable bonds is 7. The number of carbonyl (C=O) groups excluding carboxylic acids is 2. The lowest BCUT2D eigenvalue weighted by Crippen LogP contribution is -2.47. The molecule has 4 rings (SSSR count). The number of aliphatic carboxylic acids is 1. The van der Waals surface area contributed by atoms with Crippen LogP contribution in [0.15, 0.2) is 48.5 Å². The predicted octanol–water partition coefficient (Wildman–Crippen LogP) is 3.63. The molecule has 0 saturated heterocycles. The molecule has 2 unspecified atom stereocenters. The molecule has 0 heterocycles. The van der Waals surface area contributed by atoms with Gasteiger partial charge in [0.15, 0.2) is 0 Å². The fourth-order valence-corrected chi connectivity index (χ4v) is 4.96. The van der Waals surface area contributed by atoms with Gasteiger partial charge < -0.3 is 20.1 Å². The number of carboxylic acids is 1.